The minimum Gasteiger partial charge on any atom is -0.324 e. The first kappa shape index (κ1) is 15.0. The molecule has 124 valence electrons. The van der Waals surface area contributed by atoms with E-state index in [2.05, 4.69) is 25.2 Å². The Morgan fingerprint density at radius 2 is 1.92 bits per heavy atom. The van der Waals surface area contributed by atoms with Crippen LogP contribution < -0.4 is 10.9 Å². The van der Waals surface area contributed by atoms with Gasteiger partial charge >= 0.3 is 0 Å². The number of benzene rings is 2. The summed E-state index contributed by atoms with van der Waals surface area (Å²) in [5, 5.41) is 10.8. The molecule has 0 radical (unpaired) electrons. The largest absolute Gasteiger partial charge is 0.324 e. The predicted molar refractivity (Wildman–Crippen MR) is 91.1 cm³/mol. The number of carbonyl (C=O) groups excluding carboxylic acids is 1. The molecule has 0 saturated heterocycles. The van der Waals surface area contributed by atoms with Crippen LogP contribution >= 0.6 is 0 Å². The number of aryl methyl sites for hydroxylation is 1. The minimum atomic E-state index is -0.240. The molecule has 0 bridgehead atoms. The number of nitrogens with zero attached hydrogens (tertiary/aromatic N) is 4. The molecule has 0 saturated carbocycles. The van der Waals surface area contributed by atoms with Gasteiger partial charge in [0.15, 0.2) is 5.52 Å². The summed E-state index contributed by atoms with van der Waals surface area (Å²) in [6.07, 6.45) is 1.59. The van der Waals surface area contributed by atoms with E-state index >= 15 is 0 Å². The van der Waals surface area contributed by atoms with Crippen molar-refractivity contribution in [2.75, 3.05) is 5.32 Å². The molecule has 0 unspecified atom stereocenters. The van der Waals surface area contributed by atoms with Crippen LogP contribution in [0, 0.1) is 0 Å². The maximum absolute atomic E-state index is 12.4. The molecule has 0 aliphatic heterocycles. The van der Waals surface area contributed by atoms with Gasteiger partial charge in [-0.15, -0.1) is 0 Å². The topological polar surface area (TPSA) is 103 Å². The fourth-order valence-corrected chi connectivity index (χ4v) is 2.61. The fourth-order valence-electron chi connectivity index (χ4n) is 2.61. The molecule has 0 aliphatic carbocycles. The van der Waals surface area contributed by atoms with Crippen LogP contribution in [0.15, 0.2) is 58.2 Å². The summed E-state index contributed by atoms with van der Waals surface area (Å²) in [5.74, 6) is -0.240. The molecule has 8 nitrogen and oxygen atoms in total. The van der Waals surface area contributed by atoms with Gasteiger partial charge in [-0.05, 0) is 34.6 Å². The highest BCUT2D eigenvalue weighted by atomic mass is 16.6. The van der Waals surface area contributed by atoms with E-state index < -0.39 is 0 Å². The van der Waals surface area contributed by atoms with E-state index in [0.717, 1.165) is 0 Å². The maximum atomic E-state index is 12.4. The summed E-state index contributed by atoms with van der Waals surface area (Å²) in [4.78, 5) is 28.8. The van der Waals surface area contributed by atoms with Gasteiger partial charge in [0.2, 0.25) is 5.91 Å². The predicted octanol–water partition coefficient (Wildman–Crippen LogP) is 1.96. The molecule has 8 heteroatoms. The van der Waals surface area contributed by atoms with Crippen molar-refractivity contribution in [2.45, 2.75) is 13.0 Å². The van der Waals surface area contributed by atoms with Crippen molar-refractivity contribution in [1.82, 2.24) is 19.9 Å². The van der Waals surface area contributed by atoms with Gasteiger partial charge in [-0.1, -0.05) is 18.2 Å². The van der Waals surface area contributed by atoms with E-state index in [-0.39, 0.29) is 24.4 Å². The van der Waals surface area contributed by atoms with E-state index in [1.807, 2.05) is 6.07 Å². The lowest BCUT2D eigenvalue weighted by Gasteiger charge is -2.07. The van der Waals surface area contributed by atoms with Crippen molar-refractivity contribution < 1.29 is 9.42 Å². The number of rotatable bonds is 4. The Kier molecular flexibility index (Phi) is 3.70. The van der Waals surface area contributed by atoms with Crippen molar-refractivity contribution in [3.05, 3.63) is 59.1 Å². The van der Waals surface area contributed by atoms with E-state index in [1.54, 1.807) is 36.4 Å². The molecule has 1 amide bonds. The first-order chi connectivity index (χ1) is 12.2. The number of hydrogen-bond acceptors (Lipinski definition) is 6. The highest BCUT2D eigenvalue weighted by molar-refractivity contribution is 5.98. The van der Waals surface area contributed by atoms with Crippen molar-refractivity contribution in [3.8, 4) is 0 Å². The van der Waals surface area contributed by atoms with Crippen LogP contribution in [0.3, 0.4) is 0 Å². The number of nitrogens with one attached hydrogen (secondary N) is 1. The summed E-state index contributed by atoms with van der Waals surface area (Å²) in [6.45, 7) is 0.232. The number of para-hydroxylation sites is 1. The quantitative estimate of drug-likeness (QED) is 0.611. The van der Waals surface area contributed by atoms with Crippen LogP contribution in [0.2, 0.25) is 0 Å². The second-order valence-electron chi connectivity index (χ2n) is 5.50. The second-order valence-corrected chi connectivity index (χ2v) is 5.50. The van der Waals surface area contributed by atoms with Crippen LogP contribution in [0.25, 0.3) is 21.9 Å². The minimum absolute atomic E-state index is 0.127. The van der Waals surface area contributed by atoms with E-state index in [4.69, 9.17) is 0 Å². The summed E-state index contributed by atoms with van der Waals surface area (Å²) in [6, 6.07) is 12.3. The third kappa shape index (κ3) is 2.85. The third-order valence-electron chi connectivity index (χ3n) is 3.87. The van der Waals surface area contributed by atoms with E-state index in [1.165, 1.54) is 10.9 Å². The van der Waals surface area contributed by atoms with Gasteiger partial charge < -0.3 is 5.32 Å². The standard InChI is InChI=1S/C17H13N5O3/c23-15(19-13-6-3-7-14-16(13)21-25-20-14)8-9-22-10-18-12-5-2-1-4-11(12)17(22)24/h1-7,10H,8-9H2,(H,19,23). The van der Waals surface area contributed by atoms with Crippen LogP contribution in [0.1, 0.15) is 6.42 Å². The number of fused-ring (bicyclic) bond motifs is 2. The highest BCUT2D eigenvalue weighted by Gasteiger charge is 2.10. The number of anilines is 1. The van der Waals surface area contributed by atoms with Gasteiger partial charge in [-0.25, -0.2) is 9.61 Å². The van der Waals surface area contributed by atoms with Gasteiger partial charge in [-0.2, -0.15) is 0 Å². The maximum Gasteiger partial charge on any atom is 0.261 e. The van der Waals surface area contributed by atoms with Crippen molar-refractivity contribution in [1.29, 1.82) is 0 Å². The van der Waals surface area contributed by atoms with Crippen molar-refractivity contribution in [3.63, 3.8) is 0 Å². The Bertz CT molecular complexity index is 1130. The normalized spacial score (nSPS) is 11.0. The Morgan fingerprint density at radius 1 is 1.08 bits per heavy atom. The molecule has 0 aliphatic rings. The highest BCUT2D eigenvalue weighted by Crippen LogP contribution is 2.19. The first-order valence-corrected chi connectivity index (χ1v) is 7.68. The molecule has 0 fully saturated rings. The lowest BCUT2D eigenvalue weighted by Crippen LogP contribution is -2.23. The number of carbonyl (C=O) groups is 1. The lowest BCUT2D eigenvalue weighted by molar-refractivity contribution is -0.116. The van der Waals surface area contributed by atoms with Crippen molar-refractivity contribution in [2.24, 2.45) is 0 Å². The molecular weight excluding hydrogens is 322 g/mol. The van der Waals surface area contributed by atoms with Gasteiger partial charge in [0, 0.05) is 13.0 Å². The van der Waals surface area contributed by atoms with Crippen LogP contribution in [0.4, 0.5) is 5.69 Å². The van der Waals surface area contributed by atoms with Crippen LogP contribution in [-0.2, 0) is 11.3 Å². The average Bonchev–Trinajstić information content (AvgIpc) is 3.11. The molecule has 25 heavy (non-hydrogen) atoms. The average molecular weight is 335 g/mol. The molecule has 4 aromatic rings. The Morgan fingerprint density at radius 3 is 2.84 bits per heavy atom. The van der Waals surface area contributed by atoms with Gasteiger partial charge in [0.1, 0.15) is 5.52 Å². The smallest absolute Gasteiger partial charge is 0.261 e. The van der Waals surface area contributed by atoms with E-state index in [0.29, 0.717) is 27.6 Å². The fraction of sp³-hybridized carbons (Fsp3) is 0.118. The lowest BCUT2D eigenvalue weighted by atomic mass is 10.2. The molecular formula is C17H13N5O3. The number of hydrogen-bond donors (Lipinski definition) is 1. The molecule has 2 aromatic carbocycles. The zero-order valence-electron chi connectivity index (χ0n) is 13.0. The number of aromatic nitrogens is 4. The molecule has 2 heterocycles. The molecule has 4 rings (SSSR count). The summed E-state index contributed by atoms with van der Waals surface area (Å²) in [7, 11) is 0. The molecule has 0 atom stereocenters. The summed E-state index contributed by atoms with van der Waals surface area (Å²) < 4.78 is 6.10. The van der Waals surface area contributed by atoms with Crippen molar-refractivity contribution >= 4 is 33.5 Å². The first-order valence-electron chi connectivity index (χ1n) is 7.68. The Balaban J connectivity index is 1.50. The summed E-state index contributed by atoms with van der Waals surface area (Å²) >= 11 is 0. The Labute approximate surface area is 141 Å². The van der Waals surface area contributed by atoms with E-state index in [9.17, 15) is 9.59 Å². The van der Waals surface area contributed by atoms with Gasteiger partial charge in [-0.3, -0.25) is 14.2 Å². The SMILES string of the molecule is O=C(CCn1cnc2ccccc2c1=O)Nc1cccc2nonc12. The van der Waals surface area contributed by atoms with Crippen LogP contribution in [0.5, 0.6) is 0 Å². The molecule has 0 spiro atoms. The monoisotopic (exact) mass is 335 g/mol. The zero-order valence-corrected chi connectivity index (χ0v) is 13.0. The third-order valence-corrected chi connectivity index (χ3v) is 3.87. The Hall–Kier alpha value is -3.55. The zero-order chi connectivity index (χ0) is 17.2. The number of amides is 1. The molecule has 1 N–H and O–H groups in total. The molecule has 2 aromatic heterocycles. The van der Waals surface area contributed by atoms with Gasteiger partial charge in [0.05, 0.1) is 22.9 Å². The van der Waals surface area contributed by atoms with Crippen LogP contribution in [-0.4, -0.2) is 25.8 Å². The summed E-state index contributed by atoms with van der Waals surface area (Å²) in [5.41, 5.74) is 2.04. The second kappa shape index (κ2) is 6.16. The van der Waals surface area contributed by atoms with Gasteiger partial charge in [0.25, 0.3) is 5.56 Å².